The largest absolute Gasteiger partial charge is 0.342 e. The lowest BCUT2D eigenvalue weighted by molar-refractivity contribution is -0.113. The zero-order valence-electron chi connectivity index (χ0n) is 18.4. The van der Waals surface area contributed by atoms with E-state index in [1.54, 1.807) is 30.7 Å². The Morgan fingerprint density at radius 1 is 1.12 bits per heavy atom. The van der Waals surface area contributed by atoms with Gasteiger partial charge in [-0.25, -0.2) is 0 Å². The summed E-state index contributed by atoms with van der Waals surface area (Å²) in [5, 5.41) is 15.4. The summed E-state index contributed by atoms with van der Waals surface area (Å²) in [6, 6.07) is 8.18. The maximum absolute atomic E-state index is 12.5. The van der Waals surface area contributed by atoms with Gasteiger partial charge in [0.2, 0.25) is 5.91 Å². The number of amides is 2. The van der Waals surface area contributed by atoms with E-state index in [4.69, 9.17) is 23.2 Å². The highest BCUT2D eigenvalue weighted by Gasteiger charge is 2.20. The zero-order valence-corrected chi connectivity index (χ0v) is 22.3. The summed E-state index contributed by atoms with van der Waals surface area (Å²) in [4.78, 5) is 25.0. The minimum absolute atomic E-state index is 0.140. The van der Waals surface area contributed by atoms with Crippen LogP contribution in [0.4, 0.5) is 5.69 Å². The van der Waals surface area contributed by atoms with Crippen LogP contribution >= 0.6 is 50.9 Å². The van der Waals surface area contributed by atoms with Gasteiger partial charge in [-0.05, 0) is 62.2 Å². The topological polar surface area (TPSA) is 88.9 Å². The van der Waals surface area contributed by atoms with Crippen molar-refractivity contribution < 1.29 is 9.59 Å². The molecule has 0 bridgehead atoms. The van der Waals surface area contributed by atoms with Crippen LogP contribution in [0.2, 0.25) is 10.0 Å². The molecule has 0 radical (unpaired) electrons. The Kier molecular flexibility index (Phi) is 8.44. The van der Waals surface area contributed by atoms with Crippen molar-refractivity contribution in [2.24, 2.45) is 7.05 Å². The van der Waals surface area contributed by atoms with Crippen LogP contribution < -0.4 is 10.6 Å². The number of nitrogens with zero attached hydrogens (tertiary/aromatic N) is 3. The summed E-state index contributed by atoms with van der Waals surface area (Å²) in [6.07, 6.45) is 0. The third kappa shape index (κ3) is 6.29. The van der Waals surface area contributed by atoms with E-state index < -0.39 is 6.04 Å². The third-order valence-corrected chi connectivity index (χ3v) is 7.10. The van der Waals surface area contributed by atoms with Gasteiger partial charge in [-0.3, -0.25) is 9.59 Å². The zero-order chi connectivity index (χ0) is 24.3. The monoisotopic (exact) mass is 569 g/mol. The smallest absolute Gasteiger partial charge is 0.251 e. The van der Waals surface area contributed by atoms with Crippen molar-refractivity contribution in [3.8, 4) is 0 Å². The lowest BCUT2D eigenvalue weighted by Gasteiger charge is -2.14. The molecular weight excluding hydrogens is 549 g/mol. The number of nitrogens with one attached hydrogen (secondary N) is 2. The first-order valence-corrected chi connectivity index (χ1v) is 12.4. The molecule has 0 fully saturated rings. The molecule has 0 aliphatic heterocycles. The summed E-state index contributed by atoms with van der Waals surface area (Å²) in [7, 11) is 1.79. The number of aryl methyl sites for hydroxylation is 2. The number of anilines is 1. The second-order valence-electron chi connectivity index (χ2n) is 7.48. The summed E-state index contributed by atoms with van der Waals surface area (Å²) in [5.41, 5.74) is 3.16. The van der Waals surface area contributed by atoms with Crippen LogP contribution in [-0.2, 0) is 11.8 Å². The van der Waals surface area contributed by atoms with E-state index in [1.165, 1.54) is 17.8 Å². The van der Waals surface area contributed by atoms with Crippen LogP contribution in [-0.4, -0.2) is 32.3 Å². The molecule has 0 aliphatic carbocycles. The first-order valence-electron chi connectivity index (χ1n) is 9.91. The van der Waals surface area contributed by atoms with Crippen LogP contribution in [0.1, 0.15) is 40.3 Å². The van der Waals surface area contributed by atoms with Crippen LogP contribution in [0.3, 0.4) is 0 Å². The molecule has 1 aromatic heterocycles. The molecule has 3 aromatic rings. The second-order valence-corrected chi connectivity index (χ2v) is 10.1. The second kappa shape index (κ2) is 10.9. The SMILES string of the molecule is Cc1cc(Br)cc(C)c1NC(=O)CSc1nnc([C@H](C)NC(=O)c2ccc(Cl)c(Cl)c2)n1C. The van der Waals surface area contributed by atoms with Crippen LogP contribution in [0.15, 0.2) is 40.0 Å². The fraction of sp³-hybridized carbons (Fsp3) is 0.273. The van der Waals surface area contributed by atoms with Gasteiger partial charge in [0.15, 0.2) is 11.0 Å². The molecule has 3 rings (SSSR count). The highest BCUT2D eigenvalue weighted by molar-refractivity contribution is 9.10. The maximum Gasteiger partial charge on any atom is 0.251 e. The minimum atomic E-state index is -0.416. The Morgan fingerprint density at radius 3 is 2.42 bits per heavy atom. The van der Waals surface area contributed by atoms with Crippen molar-refractivity contribution in [1.82, 2.24) is 20.1 Å². The van der Waals surface area contributed by atoms with Crippen LogP contribution in [0.25, 0.3) is 0 Å². The maximum atomic E-state index is 12.5. The lowest BCUT2D eigenvalue weighted by atomic mass is 10.1. The summed E-state index contributed by atoms with van der Waals surface area (Å²) in [6.45, 7) is 5.70. The van der Waals surface area contributed by atoms with Gasteiger partial charge in [0, 0.05) is 22.8 Å². The first-order chi connectivity index (χ1) is 15.6. The standard InChI is InChI=1S/C22H22BrCl2N5O2S/c1-11-7-15(23)8-12(2)19(11)27-18(31)10-33-22-29-28-20(30(22)4)13(3)26-21(32)14-5-6-16(24)17(25)9-14/h5-9,13H,10H2,1-4H3,(H,26,32)(H,27,31)/t13-/m0/s1. The van der Waals surface area contributed by atoms with E-state index in [9.17, 15) is 9.59 Å². The number of halogens is 3. The highest BCUT2D eigenvalue weighted by atomic mass is 79.9. The van der Waals surface area contributed by atoms with E-state index in [0.29, 0.717) is 26.6 Å². The number of benzene rings is 2. The quantitative estimate of drug-likeness (QED) is 0.354. The first kappa shape index (κ1) is 25.6. The van der Waals surface area contributed by atoms with Gasteiger partial charge >= 0.3 is 0 Å². The lowest BCUT2D eigenvalue weighted by Crippen LogP contribution is -2.28. The Bertz CT molecular complexity index is 1190. The fourth-order valence-electron chi connectivity index (χ4n) is 3.22. The number of carbonyl (C=O) groups excluding carboxylic acids is 2. The van der Waals surface area contributed by atoms with Crippen molar-refractivity contribution >= 4 is 68.4 Å². The molecule has 11 heteroatoms. The molecule has 0 unspecified atom stereocenters. The van der Waals surface area contributed by atoms with Gasteiger partial charge in [0.25, 0.3) is 5.91 Å². The summed E-state index contributed by atoms with van der Waals surface area (Å²) >= 11 is 16.6. The van der Waals surface area contributed by atoms with Crippen molar-refractivity contribution in [3.63, 3.8) is 0 Å². The molecule has 2 N–H and O–H groups in total. The highest BCUT2D eigenvalue weighted by Crippen LogP contribution is 2.26. The van der Waals surface area contributed by atoms with Gasteiger partial charge in [0.05, 0.1) is 21.8 Å². The number of rotatable bonds is 7. The normalized spacial score (nSPS) is 11.8. The molecule has 2 amide bonds. The van der Waals surface area contributed by atoms with Crippen LogP contribution in [0.5, 0.6) is 0 Å². The predicted molar refractivity (Wildman–Crippen MR) is 136 cm³/mol. The molecule has 174 valence electrons. The number of aromatic nitrogens is 3. The molecule has 0 saturated heterocycles. The predicted octanol–water partition coefficient (Wildman–Crippen LogP) is 5.72. The Hall–Kier alpha value is -2.07. The summed E-state index contributed by atoms with van der Waals surface area (Å²) in [5.74, 6) is 0.285. The van der Waals surface area contributed by atoms with E-state index in [1.807, 2.05) is 26.0 Å². The van der Waals surface area contributed by atoms with Gasteiger partial charge in [-0.15, -0.1) is 10.2 Å². The Labute approximate surface area is 214 Å². The van der Waals surface area contributed by atoms with Crippen molar-refractivity contribution in [3.05, 3.63) is 67.4 Å². The van der Waals surface area contributed by atoms with Crippen molar-refractivity contribution in [2.45, 2.75) is 32.0 Å². The summed E-state index contributed by atoms with van der Waals surface area (Å²) < 4.78 is 2.73. The van der Waals surface area contributed by atoms with Crippen molar-refractivity contribution in [2.75, 3.05) is 11.1 Å². The number of carbonyl (C=O) groups is 2. The molecule has 1 atom stereocenters. The number of hydrogen-bond acceptors (Lipinski definition) is 5. The van der Waals surface area contributed by atoms with E-state index in [2.05, 4.69) is 36.8 Å². The molecular formula is C22H22BrCl2N5O2S. The molecule has 1 heterocycles. The Morgan fingerprint density at radius 2 is 1.79 bits per heavy atom. The average Bonchev–Trinajstić information content (AvgIpc) is 3.11. The number of hydrogen-bond donors (Lipinski definition) is 2. The van der Waals surface area contributed by atoms with Gasteiger partial charge in [-0.1, -0.05) is 50.9 Å². The van der Waals surface area contributed by atoms with Crippen molar-refractivity contribution in [1.29, 1.82) is 0 Å². The third-order valence-electron chi connectivity index (χ3n) is 4.88. The van der Waals surface area contributed by atoms with E-state index in [-0.39, 0.29) is 17.6 Å². The molecule has 0 saturated carbocycles. The van der Waals surface area contributed by atoms with Gasteiger partial charge in [0.1, 0.15) is 0 Å². The molecule has 33 heavy (non-hydrogen) atoms. The van der Waals surface area contributed by atoms with Gasteiger partial charge < -0.3 is 15.2 Å². The molecule has 0 spiro atoms. The average molecular weight is 571 g/mol. The van der Waals surface area contributed by atoms with E-state index in [0.717, 1.165) is 21.3 Å². The van der Waals surface area contributed by atoms with Gasteiger partial charge in [-0.2, -0.15) is 0 Å². The van der Waals surface area contributed by atoms with Crippen LogP contribution in [0, 0.1) is 13.8 Å². The number of thioether (sulfide) groups is 1. The fourth-order valence-corrected chi connectivity index (χ4v) is 4.93. The molecule has 7 nitrogen and oxygen atoms in total. The molecule has 2 aromatic carbocycles. The minimum Gasteiger partial charge on any atom is -0.342 e. The molecule has 0 aliphatic rings. The van der Waals surface area contributed by atoms with E-state index >= 15 is 0 Å². The Balaban J connectivity index is 1.61.